The topological polar surface area (TPSA) is 27.7 Å². The smallest absolute Gasteiger partial charge is 0.451 e. The largest absolute Gasteiger partial charge is 0.906 e. The molecular formula is C51H93AlO3. The Kier molecular flexibility index (Phi) is 17.8. The molecule has 0 bridgehead atoms. The van der Waals surface area contributed by atoms with E-state index in [4.69, 9.17) is 11.4 Å². The molecule has 55 heavy (non-hydrogen) atoms. The summed E-state index contributed by atoms with van der Waals surface area (Å²) in [6.45, 7) is 14.8. The van der Waals surface area contributed by atoms with E-state index in [0.29, 0.717) is 70.1 Å². The van der Waals surface area contributed by atoms with Crippen molar-refractivity contribution in [3.05, 3.63) is 0 Å². The summed E-state index contributed by atoms with van der Waals surface area (Å²) in [5, 5.41) is 0. The Morgan fingerprint density at radius 3 is 0.727 bits per heavy atom. The third kappa shape index (κ3) is 11.4. The molecule has 0 amide bonds. The molecule has 6 aliphatic carbocycles. The van der Waals surface area contributed by atoms with Crippen molar-refractivity contribution in [1.82, 2.24) is 0 Å². The molecule has 0 radical (unpaired) electrons. The van der Waals surface area contributed by atoms with Crippen molar-refractivity contribution in [2.24, 2.45) is 51.8 Å². The maximum absolute atomic E-state index is 7.95. The summed E-state index contributed by atoms with van der Waals surface area (Å²) in [6, 6.07) is 0. The summed E-state index contributed by atoms with van der Waals surface area (Å²) in [6.07, 6.45) is 46.5. The molecule has 3 atom stereocenters. The van der Waals surface area contributed by atoms with Crippen LogP contribution in [-0.2, 0) is 11.4 Å². The highest BCUT2D eigenvalue weighted by Gasteiger charge is 2.50. The standard InChI is InChI=1S/3C17H31O.Al/c3*1-3-17(4-2)12-10-15(11-13-17)16(18)14-8-6-5-7-9-14;/h3*14-16H,3-13H2,1-2H3;/q3*-1;+3. The zero-order valence-electron chi connectivity index (χ0n) is 37.8. The first-order valence-electron chi connectivity index (χ1n) is 25.8. The quantitative estimate of drug-likeness (QED) is 0.130. The van der Waals surface area contributed by atoms with Crippen molar-refractivity contribution in [3.63, 3.8) is 0 Å². The van der Waals surface area contributed by atoms with Gasteiger partial charge in [0.25, 0.3) is 0 Å². The highest BCUT2D eigenvalue weighted by molar-refractivity contribution is 6.36. The Balaban J connectivity index is 1.31. The van der Waals surface area contributed by atoms with Crippen molar-refractivity contribution >= 4 is 15.1 Å². The lowest BCUT2D eigenvalue weighted by Crippen LogP contribution is -2.50. The molecule has 0 N–H and O–H groups in total. The van der Waals surface area contributed by atoms with Crippen molar-refractivity contribution in [2.75, 3.05) is 0 Å². The number of rotatable bonds is 18. The first-order chi connectivity index (χ1) is 26.8. The van der Waals surface area contributed by atoms with E-state index in [1.807, 2.05) is 0 Å². The van der Waals surface area contributed by atoms with Crippen molar-refractivity contribution in [2.45, 2.75) is 272 Å². The SMILES string of the molecule is CCC1(CC)CCC(C([O][Al]([O]C(C2CCCCC2)C2CCC(CC)(CC)CC2)[O]C(C2CCCCC2)C2CCC(CC)(CC)CC2)C2CCCCC2)CC1. The van der Waals surface area contributed by atoms with E-state index in [2.05, 4.69) is 41.5 Å². The van der Waals surface area contributed by atoms with Gasteiger partial charge in [-0.2, -0.15) is 0 Å². The van der Waals surface area contributed by atoms with Crippen molar-refractivity contribution in [1.29, 1.82) is 0 Å². The van der Waals surface area contributed by atoms with Gasteiger partial charge in [-0.1, -0.05) is 138 Å². The normalized spacial score (nSPS) is 28.5. The minimum Gasteiger partial charge on any atom is -0.451 e. The van der Waals surface area contributed by atoms with Crippen LogP contribution in [0, 0.1) is 51.8 Å². The van der Waals surface area contributed by atoms with E-state index < -0.39 is 15.1 Å². The highest BCUT2D eigenvalue weighted by atomic mass is 27.3. The zero-order chi connectivity index (χ0) is 38.7. The molecule has 3 nitrogen and oxygen atoms in total. The van der Waals surface area contributed by atoms with Crippen LogP contribution in [0.15, 0.2) is 0 Å². The van der Waals surface area contributed by atoms with Crippen LogP contribution in [0.3, 0.4) is 0 Å². The maximum Gasteiger partial charge on any atom is 0.906 e. The van der Waals surface area contributed by atoms with Gasteiger partial charge in [0.15, 0.2) is 0 Å². The lowest BCUT2D eigenvalue weighted by Gasteiger charge is -2.48. The molecule has 0 spiro atoms. The minimum absolute atomic E-state index is 0.348. The Morgan fingerprint density at radius 1 is 0.327 bits per heavy atom. The number of hydrogen-bond donors (Lipinski definition) is 0. The summed E-state index contributed by atoms with van der Waals surface area (Å²) >= 11 is -2.48. The Morgan fingerprint density at radius 2 is 0.527 bits per heavy atom. The van der Waals surface area contributed by atoms with Gasteiger partial charge in [0.1, 0.15) is 0 Å². The van der Waals surface area contributed by atoms with Gasteiger partial charge >= 0.3 is 15.1 Å². The van der Waals surface area contributed by atoms with Crippen LogP contribution in [0.1, 0.15) is 253 Å². The molecule has 6 fully saturated rings. The van der Waals surface area contributed by atoms with Gasteiger partial charge in [0.05, 0.1) is 0 Å². The average molecular weight is 781 g/mol. The fourth-order valence-corrected chi connectivity index (χ4v) is 16.6. The second kappa shape index (κ2) is 21.8. The summed E-state index contributed by atoms with van der Waals surface area (Å²) < 4.78 is 23.9. The van der Waals surface area contributed by atoms with E-state index in [-0.39, 0.29) is 0 Å². The molecule has 6 saturated carbocycles. The minimum atomic E-state index is -2.48. The van der Waals surface area contributed by atoms with Gasteiger partial charge in [-0.3, -0.25) is 0 Å². The molecule has 0 aromatic rings. The molecule has 3 unspecified atom stereocenters. The molecule has 6 aliphatic rings. The van der Waals surface area contributed by atoms with Gasteiger partial charge in [0, 0.05) is 18.3 Å². The zero-order valence-corrected chi connectivity index (χ0v) is 39.0. The summed E-state index contributed by atoms with van der Waals surface area (Å²) in [5.41, 5.74) is 1.70. The molecule has 0 aliphatic heterocycles. The summed E-state index contributed by atoms with van der Waals surface area (Å²) in [7, 11) is 0. The third-order valence-electron chi connectivity index (χ3n) is 19.3. The van der Waals surface area contributed by atoms with Gasteiger partial charge < -0.3 is 11.4 Å². The predicted octanol–water partition coefficient (Wildman–Crippen LogP) is 15.9. The molecule has 0 aromatic heterocycles. The van der Waals surface area contributed by atoms with Gasteiger partial charge in [0.2, 0.25) is 0 Å². The third-order valence-corrected chi connectivity index (χ3v) is 20.9. The van der Waals surface area contributed by atoms with Crippen LogP contribution in [-0.4, -0.2) is 33.5 Å². The highest BCUT2D eigenvalue weighted by Crippen LogP contribution is 2.51. The monoisotopic (exact) mass is 781 g/mol. The van der Waals surface area contributed by atoms with Crippen LogP contribution in [0.2, 0.25) is 0 Å². The van der Waals surface area contributed by atoms with Crippen molar-refractivity contribution in [3.8, 4) is 0 Å². The molecule has 318 valence electrons. The van der Waals surface area contributed by atoms with Crippen LogP contribution in [0.4, 0.5) is 0 Å². The van der Waals surface area contributed by atoms with E-state index >= 15 is 0 Å². The van der Waals surface area contributed by atoms with Gasteiger partial charge in [-0.05, 0) is 167 Å². The van der Waals surface area contributed by atoms with E-state index in [1.165, 1.54) is 212 Å². The fraction of sp³-hybridized carbons (Fsp3) is 1.00. The van der Waals surface area contributed by atoms with Crippen LogP contribution in [0.25, 0.3) is 0 Å². The van der Waals surface area contributed by atoms with E-state index in [0.717, 1.165) is 0 Å². The molecular weight excluding hydrogens is 688 g/mol. The molecule has 0 heterocycles. The van der Waals surface area contributed by atoms with Crippen LogP contribution >= 0.6 is 0 Å². The average Bonchev–Trinajstić information content (AvgIpc) is 3.27. The Labute approximate surface area is 348 Å². The molecule has 0 saturated heterocycles. The van der Waals surface area contributed by atoms with E-state index in [1.54, 1.807) is 0 Å². The number of hydrogen-bond acceptors (Lipinski definition) is 3. The fourth-order valence-electron chi connectivity index (χ4n) is 14.3. The molecule has 4 heteroatoms. The Bertz CT molecular complexity index is 899. The van der Waals surface area contributed by atoms with Crippen LogP contribution < -0.4 is 0 Å². The van der Waals surface area contributed by atoms with Gasteiger partial charge in [-0.25, -0.2) is 0 Å². The lowest BCUT2D eigenvalue weighted by molar-refractivity contribution is -0.0942. The lowest BCUT2D eigenvalue weighted by atomic mass is 9.65. The second-order valence-electron chi connectivity index (χ2n) is 21.4. The van der Waals surface area contributed by atoms with Crippen molar-refractivity contribution < 1.29 is 11.4 Å². The molecule has 0 aromatic carbocycles. The first-order valence-corrected chi connectivity index (χ1v) is 27.2. The first kappa shape index (κ1) is 45.0. The second-order valence-corrected chi connectivity index (χ2v) is 22.8. The van der Waals surface area contributed by atoms with Crippen LogP contribution in [0.5, 0.6) is 0 Å². The summed E-state index contributed by atoms with van der Waals surface area (Å²) in [5.74, 6) is 4.16. The summed E-state index contributed by atoms with van der Waals surface area (Å²) in [4.78, 5) is 0. The predicted molar refractivity (Wildman–Crippen MR) is 235 cm³/mol. The Hall–Kier alpha value is 0.412. The molecule has 6 rings (SSSR count). The van der Waals surface area contributed by atoms with Gasteiger partial charge in [-0.15, -0.1) is 0 Å². The maximum atomic E-state index is 7.95. The van der Waals surface area contributed by atoms with E-state index in [9.17, 15) is 0 Å².